The summed E-state index contributed by atoms with van der Waals surface area (Å²) in [7, 11) is 0. The number of aliphatic hydroxyl groups excluding tert-OH is 2. The minimum atomic E-state index is -1.73. The normalized spacial score (nSPS) is 23.0. The molecule has 4 aromatic carbocycles. The first-order chi connectivity index (χ1) is 30.2. The van der Waals surface area contributed by atoms with Crippen LogP contribution in [0.1, 0.15) is 57.5 Å². The molecule has 0 spiro atoms. The quantitative estimate of drug-likeness (QED) is 0.0937. The molecule has 0 bridgehead atoms. The second-order valence-corrected chi connectivity index (χ2v) is 15.9. The van der Waals surface area contributed by atoms with Crippen molar-refractivity contribution in [1.29, 1.82) is 0 Å². The number of hydrogen-bond donors (Lipinski definition) is 4. The number of Topliss-reactive ketones (excluding diaryl/α,β-unsaturated/α-hetero) is 3. The molecule has 8 rings (SSSR count). The molecule has 0 aromatic heterocycles. The number of nitrogens with one attached hydrogen (secondary N) is 2. The standard InChI is InChI=1S/C53H46F2N2O5/c54-47-21-9-7-19-39(47)41-29-45(37-17-11-25-56-33-37)52(23-27-58,31-43(41)49(60)35-13-3-1-4-14-35)51(62)53(24-28-59)32-44(50(61)36-15-5-2-6-16-36)42(40-20-8-10-22-48(40)55)30-46(53)38-18-12-26-57-34-38/h1-16,19-22,25-26,29-34,45-46,56-59H,17-18,23-24,27-28H2. The minimum Gasteiger partial charge on any atom is -0.396 e. The number of hydrogen-bond acceptors (Lipinski definition) is 7. The molecule has 4 aliphatic rings. The molecule has 0 radical (unpaired) electrons. The number of allylic oxidation sites excluding steroid dienone is 12. The Morgan fingerprint density at radius 1 is 0.565 bits per heavy atom. The summed E-state index contributed by atoms with van der Waals surface area (Å²) in [6, 6.07) is 29.4. The monoisotopic (exact) mass is 828 g/mol. The van der Waals surface area contributed by atoms with E-state index in [-0.39, 0.29) is 46.3 Å². The Kier molecular flexibility index (Phi) is 12.2. The Labute approximate surface area is 359 Å². The van der Waals surface area contributed by atoms with Gasteiger partial charge < -0.3 is 20.8 Å². The van der Waals surface area contributed by atoms with Crippen LogP contribution in [0, 0.1) is 34.3 Å². The SMILES string of the molecule is O=C(C1=CC(CCO)(C(=O)C2(CCO)C=C(C(=O)c3ccccc3)C(c3ccccc3F)=CC2C2=CNC=CC2)C(C2=CNC=CC2)C=C1c1ccccc1F)c1ccccc1. The molecule has 2 heterocycles. The number of benzene rings is 4. The van der Waals surface area contributed by atoms with Crippen LogP contribution >= 0.6 is 0 Å². The van der Waals surface area contributed by atoms with Crippen LogP contribution in [0.4, 0.5) is 8.78 Å². The van der Waals surface area contributed by atoms with Gasteiger partial charge in [0.25, 0.3) is 0 Å². The minimum absolute atomic E-state index is 0.0689. The highest BCUT2D eigenvalue weighted by molar-refractivity contribution is 6.21. The van der Waals surface area contributed by atoms with Gasteiger partial charge in [-0.25, -0.2) is 8.78 Å². The first-order valence-electron chi connectivity index (χ1n) is 20.8. The molecular weight excluding hydrogens is 783 g/mol. The van der Waals surface area contributed by atoms with E-state index in [9.17, 15) is 19.8 Å². The van der Waals surface area contributed by atoms with Crippen molar-refractivity contribution >= 4 is 28.5 Å². The lowest BCUT2D eigenvalue weighted by atomic mass is 9.51. The molecule has 9 heteroatoms. The van der Waals surface area contributed by atoms with E-state index in [0.29, 0.717) is 24.0 Å². The number of carbonyl (C=O) groups is 3. The highest BCUT2D eigenvalue weighted by atomic mass is 19.1. The van der Waals surface area contributed by atoms with E-state index in [2.05, 4.69) is 10.6 Å². The molecule has 2 aliphatic carbocycles. The Hall–Kier alpha value is -6.81. The molecule has 0 saturated heterocycles. The second-order valence-electron chi connectivity index (χ2n) is 15.9. The Bertz CT molecular complexity index is 2470. The lowest BCUT2D eigenvalue weighted by Gasteiger charge is -2.50. The maximum absolute atomic E-state index is 16.8. The van der Waals surface area contributed by atoms with E-state index in [4.69, 9.17) is 0 Å². The predicted molar refractivity (Wildman–Crippen MR) is 237 cm³/mol. The maximum Gasteiger partial charge on any atom is 0.193 e. The fourth-order valence-corrected chi connectivity index (χ4v) is 9.52. The zero-order chi connectivity index (χ0) is 43.3. The summed E-state index contributed by atoms with van der Waals surface area (Å²) in [5.41, 5.74) is -0.337. The number of aliphatic hydroxyl groups is 2. The Morgan fingerprint density at radius 3 is 1.31 bits per heavy atom. The highest BCUT2D eigenvalue weighted by Crippen LogP contribution is 2.58. The second kappa shape index (κ2) is 18.0. The molecule has 0 saturated carbocycles. The van der Waals surface area contributed by atoms with Crippen molar-refractivity contribution in [3.05, 3.63) is 227 Å². The van der Waals surface area contributed by atoms with Crippen LogP contribution in [0.15, 0.2) is 193 Å². The van der Waals surface area contributed by atoms with Gasteiger partial charge in [0.15, 0.2) is 17.3 Å². The Morgan fingerprint density at radius 2 is 0.952 bits per heavy atom. The number of ketones is 3. The molecule has 4 unspecified atom stereocenters. The highest BCUT2D eigenvalue weighted by Gasteiger charge is 2.58. The van der Waals surface area contributed by atoms with Crippen LogP contribution in [0.3, 0.4) is 0 Å². The van der Waals surface area contributed by atoms with Gasteiger partial charge in [-0.15, -0.1) is 0 Å². The van der Waals surface area contributed by atoms with Gasteiger partial charge in [-0.1, -0.05) is 134 Å². The van der Waals surface area contributed by atoms with Crippen molar-refractivity contribution < 1.29 is 33.4 Å². The molecular formula is C53H46F2N2O5. The van der Waals surface area contributed by atoms with Crippen molar-refractivity contribution in [1.82, 2.24) is 10.6 Å². The molecule has 4 aromatic rings. The molecule has 7 nitrogen and oxygen atoms in total. The van der Waals surface area contributed by atoms with Crippen LogP contribution in [0.25, 0.3) is 11.1 Å². The summed E-state index contributed by atoms with van der Waals surface area (Å²) in [6.07, 6.45) is 18.1. The molecule has 62 heavy (non-hydrogen) atoms. The Balaban J connectivity index is 1.45. The first-order valence-corrected chi connectivity index (χ1v) is 20.8. The van der Waals surface area contributed by atoms with Gasteiger partial charge in [0.1, 0.15) is 11.6 Å². The van der Waals surface area contributed by atoms with Crippen LogP contribution < -0.4 is 10.6 Å². The van der Waals surface area contributed by atoms with Gasteiger partial charge in [0.2, 0.25) is 0 Å². The number of rotatable bonds is 14. The van der Waals surface area contributed by atoms with Crippen molar-refractivity contribution in [3.8, 4) is 0 Å². The number of dihydropyridines is 2. The van der Waals surface area contributed by atoms with Crippen molar-refractivity contribution in [2.24, 2.45) is 22.7 Å². The average Bonchev–Trinajstić information content (AvgIpc) is 3.32. The van der Waals surface area contributed by atoms with Crippen molar-refractivity contribution in [2.45, 2.75) is 25.7 Å². The van der Waals surface area contributed by atoms with Crippen LogP contribution in [0.2, 0.25) is 0 Å². The summed E-state index contributed by atoms with van der Waals surface area (Å²) in [4.78, 5) is 46.7. The maximum atomic E-state index is 16.8. The average molecular weight is 829 g/mol. The van der Waals surface area contributed by atoms with Gasteiger partial charge in [-0.05, 0) is 72.5 Å². The molecule has 0 amide bonds. The fourth-order valence-electron chi connectivity index (χ4n) is 9.52. The summed E-state index contributed by atoms with van der Waals surface area (Å²) in [5, 5.41) is 28.6. The third-order valence-corrected chi connectivity index (χ3v) is 12.4. The number of carbonyl (C=O) groups excluding carboxylic acids is 3. The largest absolute Gasteiger partial charge is 0.396 e. The molecule has 2 aliphatic heterocycles. The van der Waals surface area contributed by atoms with Gasteiger partial charge in [0, 0.05) is 70.8 Å². The van der Waals surface area contributed by atoms with Gasteiger partial charge in [0.05, 0.1) is 10.8 Å². The summed E-state index contributed by atoms with van der Waals surface area (Å²) in [5.74, 6) is -4.24. The van der Waals surface area contributed by atoms with E-state index in [1.54, 1.807) is 146 Å². The van der Waals surface area contributed by atoms with Crippen LogP contribution in [-0.4, -0.2) is 40.8 Å². The third-order valence-electron chi connectivity index (χ3n) is 12.4. The van der Waals surface area contributed by atoms with Gasteiger partial charge >= 0.3 is 0 Å². The fraction of sp³-hybridized carbons (Fsp3) is 0.189. The molecule has 312 valence electrons. The lowest BCUT2D eigenvalue weighted by Crippen LogP contribution is -2.53. The molecule has 4 N–H and O–H groups in total. The van der Waals surface area contributed by atoms with E-state index in [0.717, 1.165) is 11.1 Å². The van der Waals surface area contributed by atoms with Crippen LogP contribution in [0.5, 0.6) is 0 Å². The van der Waals surface area contributed by atoms with E-state index >= 15 is 13.6 Å². The summed E-state index contributed by atoms with van der Waals surface area (Å²) < 4.78 is 32.0. The van der Waals surface area contributed by atoms with Crippen molar-refractivity contribution in [2.75, 3.05) is 13.2 Å². The lowest BCUT2D eigenvalue weighted by molar-refractivity contribution is -0.139. The zero-order valence-corrected chi connectivity index (χ0v) is 33.9. The zero-order valence-electron chi connectivity index (χ0n) is 33.9. The van der Waals surface area contributed by atoms with Crippen LogP contribution in [-0.2, 0) is 4.79 Å². The topological polar surface area (TPSA) is 116 Å². The molecule has 4 atom stereocenters. The van der Waals surface area contributed by atoms with Gasteiger partial charge in [-0.3, -0.25) is 14.4 Å². The summed E-state index contributed by atoms with van der Waals surface area (Å²) >= 11 is 0. The van der Waals surface area contributed by atoms with E-state index in [1.165, 1.54) is 12.1 Å². The third kappa shape index (κ3) is 7.70. The summed E-state index contributed by atoms with van der Waals surface area (Å²) in [6.45, 7) is -0.985. The predicted octanol–water partition coefficient (Wildman–Crippen LogP) is 9.40. The smallest absolute Gasteiger partial charge is 0.193 e. The van der Waals surface area contributed by atoms with Crippen molar-refractivity contribution in [3.63, 3.8) is 0 Å². The molecule has 0 fully saturated rings. The number of halogens is 2. The van der Waals surface area contributed by atoms with E-state index < -0.39 is 64.9 Å². The first kappa shape index (κ1) is 41.9. The van der Waals surface area contributed by atoms with Gasteiger partial charge in [-0.2, -0.15) is 0 Å². The van der Waals surface area contributed by atoms with E-state index in [1.807, 2.05) is 12.2 Å².